The highest BCUT2D eigenvalue weighted by molar-refractivity contribution is 5.86. The Morgan fingerprint density at radius 2 is 1.53 bits per heavy atom. The molecule has 1 N–H and O–H groups in total. The van der Waals surface area contributed by atoms with Gasteiger partial charge in [0.15, 0.2) is 0 Å². The summed E-state index contributed by atoms with van der Waals surface area (Å²) in [5, 5.41) is 10.8. The lowest BCUT2D eigenvalue weighted by atomic mass is 10.0. The van der Waals surface area contributed by atoms with E-state index in [0.29, 0.717) is 6.54 Å². The largest absolute Gasteiger partial charge is 0.573 e. The molecule has 0 saturated heterocycles. The van der Waals surface area contributed by atoms with Gasteiger partial charge in [-0.2, -0.15) is 0 Å². The summed E-state index contributed by atoms with van der Waals surface area (Å²) < 4.78 is 43.0. The Bertz CT molecular complexity index is 1160. The smallest absolute Gasteiger partial charge is 0.406 e. The molecule has 0 aliphatic rings. The van der Waals surface area contributed by atoms with Crippen molar-refractivity contribution in [2.24, 2.45) is 0 Å². The van der Waals surface area contributed by atoms with E-state index in [4.69, 9.17) is 0 Å². The lowest BCUT2D eigenvalue weighted by Crippen LogP contribution is -2.16. The fourth-order valence-electron chi connectivity index (χ4n) is 3.55. The summed E-state index contributed by atoms with van der Waals surface area (Å²) in [6.07, 6.45) is -4.71. The molecule has 0 bridgehead atoms. The molecule has 1 aromatic heterocycles. The van der Waals surface area contributed by atoms with Gasteiger partial charge in [0, 0.05) is 23.1 Å². The molecule has 0 spiro atoms. The molecule has 0 radical (unpaired) electrons. The Kier molecular flexibility index (Phi) is 5.26. The highest BCUT2D eigenvalue weighted by Gasteiger charge is 2.30. The summed E-state index contributed by atoms with van der Waals surface area (Å²) >= 11 is 0. The minimum Gasteiger partial charge on any atom is -0.406 e. The number of aromatic nitrogens is 1. The Morgan fingerprint density at radius 1 is 0.867 bits per heavy atom. The first-order valence-electron chi connectivity index (χ1n) is 9.47. The van der Waals surface area contributed by atoms with Crippen molar-refractivity contribution in [3.05, 3.63) is 89.6 Å². The molecule has 1 heterocycles. The SMILES string of the molecule is Cc1ccc(Cn2c(CO)cc3cc(-c4ccc(OC(F)(F)F)cc4)ccc32)cc1. The summed E-state index contributed by atoms with van der Waals surface area (Å²) in [5.41, 5.74) is 5.77. The molecule has 0 fully saturated rings. The van der Waals surface area contributed by atoms with Gasteiger partial charge in [0.1, 0.15) is 5.75 Å². The molecule has 4 rings (SSSR count). The Labute approximate surface area is 172 Å². The van der Waals surface area contributed by atoms with Crippen molar-refractivity contribution >= 4 is 10.9 Å². The van der Waals surface area contributed by atoms with Crippen LogP contribution in [0.15, 0.2) is 72.8 Å². The van der Waals surface area contributed by atoms with Crippen LogP contribution in [0.2, 0.25) is 0 Å². The number of benzene rings is 3. The van der Waals surface area contributed by atoms with Crippen LogP contribution >= 0.6 is 0 Å². The monoisotopic (exact) mass is 411 g/mol. The maximum Gasteiger partial charge on any atom is 0.573 e. The number of aryl methyl sites for hydroxylation is 1. The van der Waals surface area contributed by atoms with E-state index in [2.05, 4.69) is 33.6 Å². The summed E-state index contributed by atoms with van der Waals surface area (Å²) in [6, 6.07) is 21.9. The van der Waals surface area contributed by atoms with Gasteiger partial charge < -0.3 is 14.4 Å². The molecule has 0 amide bonds. The van der Waals surface area contributed by atoms with E-state index in [1.807, 2.05) is 31.2 Å². The molecule has 0 atom stereocenters. The van der Waals surface area contributed by atoms with Crippen LogP contribution in [-0.4, -0.2) is 16.0 Å². The van der Waals surface area contributed by atoms with Crippen molar-refractivity contribution < 1.29 is 23.0 Å². The Morgan fingerprint density at radius 3 is 2.17 bits per heavy atom. The Balaban J connectivity index is 1.65. The number of aliphatic hydroxyl groups is 1. The van der Waals surface area contributed by atoms with E-state index in [9.17, 15) is 18.3 Å². The third-order valence-corrected chi connectivity index (χ3v) is 5.03. The molecule has 6 heteroatoms. The summed E-state index contributed by atoms with van der Waals surface area (Å²) in [6.45, 7) is 2.60. The maximum absolute atomic E-state index is 12.3. The normalized spacial score (nSPS) is 11.8. The molecule has 3 aromatic carbocycles. The first-order chi connectivity index (χ1) is 14.3. The maximum atomic E-state index is 12.3. The minimum atomic E-state index is -4.71. The molecule has 154 valence electrons. The highest BCUT2D eigenvalue weighted by atomic mass is 19.4. The van der Waals surface area contributed by atoms with Gasteiger partial charge in [-0.1, -0.05) is 48.0 Å². The number of hydrogen-bond donors (Lipinski definition) is 1. The molecule has 0 aliphatic carbocycles. The van der Waals surface area contributed by atoms with Crippen molar-refractivity contribution in [1.82, 2.24) is 4.57 Å². The van der Waals surface area contributed by atoms with Gasteiger partial charge in [-0.3, -0.25) is 0 Å². The second-order valence-corrected chi connectivity index (χ2v) is 7.21. The molecule has 0 aliphatic heterocycles. The first kappa shape index (κ1) is 20.0. The van der Waals surface area contributed by atoms with Crippen LogP contribution in [0.5, 0.6) is 5.75 Å². The van der Waals surface area contributed by atoms with Crippen molar-refractivity contribution in [1.29, 1.82) is 0 Å². The van der Waals surface area contributed by atoms with Crippen LogP contribution in [-0.2, 0) is 13.2 Å². The van der Waals surface area contributed by atoms with Crippen LogP contribution < -0.4 is 4.74 Å². The van der Waals surface area contributed by atoms with Gasteiger partial charge >= 0.3 is 6.36 Å². The fourth-order valence-corrected chi connectivity index (χ4v) is 3.55. The number of nitrogens with zero attached hydrogens (tertiary/aromatic N) is 1. The number of aliphatic hydroxyl groups excluding tert-OH is 1. The lowest BCUT2D eigenvalue weighted by Gasteiger charge is -2.11. The highest BCUT2D eigenvalue weighted by Crippen LogP contribution is 2.30. The predicted molar refractivity (Wildman–Crippen MR) is 110 cm³/mol. The summed E-state index contributed by atoms with van der Waals surface area (Å²) in [5.74, 6) is -0.251. The van der Waals surface area contributed by atoms with Crippen molar-refractivity contribution in [3.8, 4) is 16.9 Å². The molecule has 0 unspecified atom stereocenters. The minimum absolute atomic E-state index is 0.0840. The van der Waals surface area contributed by atoms with Crippen molar-refractivity contribution in [3.63, 3.8) is 0 Å². The van der Waals surface area contributed by atoms with Crippen LogP contribution in [0.25, 0.3) is 22.0 Å². The number of rotatable bonds is 5. The number of ether oxygens (including phenoxy) is 1. The molecule has 0 saturated carbocycles. The van der Waals surface area contributed by atoms with E-state index in [-0.39, 0.29) is 12.4 Å². The van der Waals surface area contributed by atoms with E-state index < -0.39 is 6.36 Å². The molecular weight excluding hydrogens is 391 g/mol. The van der Waals surface area contributed by atoms with Gasteiger partial charge in [0.25, 0.3) is 0 Å². The molecule has 30 heavy (non-hydrogen) atoms. The average molecular weight is 411 g/mol. The molecular formula is C24H20F3NO2. The van der Waals surface area contributed by atoms with Gasteiger partial charge in [0.2, 0.25) is 0 Å². The quantitative estimate of drug-likeness (QED) is 0.433. The summed E-state index contributed by atoms with van der Waals surface area (Å²) in [7, 11) is 0. The first-order valence-corrected chi connectivity index (χ1v) is 9.47. The fraction of sp³-hybridized carbons (Fsp3) is 0.167. The van der Waals surface area contributed by atoms with E-state index >= 15 is 0 Å². The van der Waals surface area contributed by atoms with Crippen LogP contribution in [0.1, 0.15) is 16.8 Å². The third-order valence-electron chi connectivity index (χ3n) is 5.03. The lowest BCUT2D eigenvalue weighted by molar-refractivity contribution is -0.274. The van der Waals surface area contributed by atoms with Crippen molar-refractivity contribution in [2.75, 3.05) is 0 Å². The zero-order chi connectivity index (χ0) is 21.3. The van der Waals surface area contributed by atoms with Crippen molar-refractivity contribution in [2.45, 2.75) is 26.4 Å². The van der Waals surface area contributed by atoms with Gasteiger partial charge in [-0.25, -0.2) is 0 Å². The standard InChI is InChI=1S/C24H20F3NO2/c1-16-2-4-17(5-3-16)14-28-21(15-29)13-20-12-19(8-11-23(20)28)18-6-9-22(10-7-18)30-24(25,26)27/h2-13,29H,14-15H2,1H3. The zero-order valence-electron chi connectivity index (χ0n) is 16.3. The van der Waals surface area contributed by atoms with Gasteiger partial charge in [-0.05, 0) is 53.9 Å². The molecule has 4 aromatic rings. The van der Waals surface area contributed by atoms with Crippen LogP contribution in [0.3, 0.4) is 0 Å². The molecule has 3 nitrogen and oxygen atoms in total. The average Bonchev–Trinajstić information content (AvgIpc) is 3.06. The number of halogens is 3. The predicted octanol–water partition coefficient (Wildman–Crippen LogP) is 6.06. The number of alkyl halides is 3. The second-order valence-electron chi connectivity index (χ2n) is 7.21. The third kappa shape index (κ3) is 4.33. The number of fused-ring (bicyclic) bond motifs is 1. The Hall–Kier alpha value is -3.25. The van der Waals surface area contributed by atoms with Gasteiger partial charge in [0.05, 0.1) is 6.61 Å². The topological polar surface area (TPSA) is 34.4 Å². The second kappa shape index (κ2) is 7.88. The van der Waals surface area contributed by atoms with E-state index in [0.717, 1.165) is 33.3 Å². The zero-order valence-corrected chi connectivity index (χ0v) is 16.3. The van der Waals surface area contributed by atoms with Crippen LogP contribution in [0.4, 0.5) is 13.2 Å². The van der Waals surface area contributed by atoms with Crippen LogP contribution in [0, 0.1) is 6.92 Å². The number of hydrogen-bond acceptors (Lipinski definition) is 2. The van der Waals surface area contributed by atoms with E-state index in [1.54, 1.807) is 12.1 Å². The van der Waals surface area contributed by atoms with E-state index in [1.165, 1.54) is 17.7 Å². The summed E-state index contributed by atoms with van der Waals surface area (Å²) in [4.78, 5) is 0. The van der Waals surface area contributed by atoms with Gasteiger partial charge in [-0.15, -0.1) is 13.2 Å².